The Labute approximate surface area is 129 Å². The summed E-state index contributed by atoms with van der Waals surface area (Å²) >= 11 is 0. The van der Waals surface area contributed by atoms with Crippen LogP contribution in [0.25, 0.3) is 0 Å². The highest BCUT2D eigenvalue weighted by Gasteiger charge is 2.32. The molecule has 2 rings (SSSR count). The van der Waals surface area contributed by atoms with Crippen molar-refractivity contribution < 1.29 is 0 Å². The number of piperazine rings is 1. The van der Waals surface area contributed by atoms with Crippen molar-refractivity contribution in [1.82, 2.24) is 15.2 Å². The van der Waals surface area contributed by atoms with E-state index < -0.39 is 0 Å². The Morgan fingerprint density at radius 2 is 1.84 bits per heavy atom. The molecule has 5 heteroatoms. The van der Waals surface area contributed by atoms with Crippen LogP contribution in [0.4, 0.5) is 0 Å². The second kappa shape index (κ2) is 8.05. The summed E-state index contributed by atoms with van der Waals surface area (Å²) in [7, 11) is 0. The van der Waals surface area contributed by atoms with Crippen LogP contribution in [0.3, 0.4) is 0 Å². The van der Waals surface area contributed by atoms with E-state index in [-0.39, 0.29) is 30.2 Å². The number of nitrogens with one attached hydrogen (secondary N) is 1. The summed E-state index contributed by atoms with van der Waals surface area (Å²) in [5, 5.41) is 3.42. The van der Waals surface area contributed by atoms with Crippen molar-refractivity contribution in [3.63, 3.8) is 0 Å². The monoisotopic (exact) mass is 305 g/mol. The number of hydrogen-bond acceptors (Lipinski definition) is 3. The number of hydrogen-bond donors (Lipinski definition) is 1. The first-order chi connectivity index (χ1) is 8.09. The van der Waals surface area contributed by atoms with E-state index in [2.05, 4.69) is 42.0 Å². The summed E-state index contributed by atoms with van der Waals surface area (Å²) in [6.45, 7) is 11.4. The molecule has 110 valence electrons. The van der Waals surface area contributed by atoms with Gasteiger partial charge in [-0.25, -0.2) is 0 Å². The Hall–Kier alpha value is -0.350. The molecule has 0 unspecified atom stereocenters. The Morgan fingerprint density at radius 3 is 2.32 bits per heavy atom. The maximum atomic E-state index is 4.27. The molecule has 0 aliphatic carbocycles. The van der Waals surface area contributed by atoms with Gasteiger partial charge >= 0.3 is 0 Å². The van der Waals surface area contributed by atoms with Crippen molar-refractivity contribution in [2.45, 2.75) is 26.8 Å². The van der Waals surface area contributed by atoms with Crippen LogP contribution in [-0.2, 0) is 0 Å². The standard InChI is InChI=1S/C14H23N3.2ClH/c1-14(2,3)13(12-5-4-6-16-11-12)17-9-7-15-8-10-17;;/h4-6,11,13,15H,7-10H2,1-3H3;2*1H/t13-;;/m1../s1. The molecule has 0 aromatic carbocycles. The first kappa shape index (κ1) is 18.7. The molecule has 1 aromatic rings. The fourth-order valence-corrected chi connectivity index (χ4v) is 2.74. The molecule has 0 spiro atoms. The summed E-state index contributed by atoms with van der Waals surface area (Å²) in [5.41, 5.74) is 1.57. The fraction of sp³-hybridized carbons (Fsp3) is 0.643. The molecule has 3 nitrogen and oxygen atoms in total. The van der Waals surface area contributed by atoms with Crippen molar-refractivity contribution in [1.29, 1.82) is 0 Å². The normalized spacial score (nSPS) is 18.1. The largest absolute Gasteiger partial charge is 0.314 e. The minimum Gasteiger partial charge on any atom is -0.314 e. The van der Waals surface area contributed by atoms with Gasteiger partial charge in [0, 0.05) is 44.6 Å². The van der Waals surface area contributed by atoms with Crippen molar-refractivity contribution in [3.8, 4) is 0 Å². The highest BCUT2D eigenvalue weighted by atomic mass is 35.5. The zero-order valence-electron chi connectivity index (χ0n) is 11.9. The third-order valence-electron chi connectivity index (χ3n) is 3.34. The van der Waals surface area contributed by atoms with Crippen LogP contribution < -0.4 is 5.32 Å². The third-order valence-corrected chi connectivity index (χ3v) is 3.34. The second-order valence-corrected chi connectivity index (χ2v) is 5.84. The second-order valence-electron chi connectivity index (χ2n) is 5.84. The SMILES string of the molecule is CC(C)(C)[C@@H](c1cccnc1)N1CCNCC1.Cl.Cl. The van der Waals surface area contributed by atoms with Gasteiger partial charge in [-0.2, -0.15) is 0 Å². The first-order valence-corrected chi connectivity index (χ1v) is 6.44. The Kier molecular flexibility index (Phi) is 7.90. The van der Waals surface area contributed by atoms with E-state index in [1.54, 1.807) is 0 Å². The summed E-state index contributed by atoms with van der Waals surface area (Å²) in [5.74, 6) is 0. The van der Waals surface area contributed by atoms with Crippen LogP contribution >= 0.6 is 24.8 Å². The molecular weight excluding hydrogens is 281 g/mol. The van der Waals surface area contributed by atoms with Gasteiger partial charge in [0.2, 0.25) is 0 Å². The summed E-state index contributed by atoms with van der Waals surface area (Å²) < 4.78 is 0. The van der Waals surface area contributed by atoms with Crippen molar-refractivity contribution >= 4 is 24.8 Å². The molecule has 0 amide bonds. The van der Waals surface area contributed by atoms with Crippen LogP contribution in [0.15, 0.2) is 24.5 Å². The maximum Gasteiger partial charge on any atom is 0.0412 e. The number of nitrogens with zero attached hydrogens (tertiary/aromatic N) is 2. The first-order valence-electron chi connectivity index (χ1n) is 6.44. The number of pyridine rings is 1. The topological polar surface area (TPSA) is 28.2 Å². The quantitative estimate of drug-likeness (QED) is 0.910. The summed E-state index contributed by atoms with van der Waals surface area (Å²) in [4.78, 5) is 6.85. The number of halogens is 2. The van der Waals surface area contributed by atoms with Gasteiger partial charge in [-0.15, -0.1) is 24.8 Å². The minimum absolute atomic E-state index is 0. The molecule has 1 saturated heterocycles. The van der Waals surface area contributed by atoms with E-state index >= 15 is 0 Å². The molecule has 0 bridgehead atoms. The highest BCUT2D eigenvalue weighted by molar-refractivity contribution is 5.85. The van der Waals surface area contributed by atoms with Crippen molar-refractivity contribution in [2.75, 3.05) is 26.2 Å². The van der Waals surface area contributed by atoms with E-state index in [1.165, 1.54) is 5.56 Å². The third kappa shape index (κ3) is 4.92. The summed E-state index contributed by atoms with van der Waals surface area (Å²) in [6.07, 6.45) is 3.86. The van der Waals surface area contributed by atoms with Crippen LogP contribution in [0, 0.1) is 5.41 Å². The van der Waals surface area contributed by atoms with E-state index in [0.29, 0.717) is 6.04 Å². The molecule has 2 heterocycles. The van der Waals surface area contributed by atoms with E-state index in [4.69, 9.17) is 0 Å². The zero-order chi connectivity index (χ0) is 12.3. The molecule has 1 aromatic heterocycles. The fourth-order valence-electron chi connectivity index (χ4n) is 2.74. The van der Waals surface area contributed by atoms with Gasteiger partial charge in [-0.1, -0.05) is 26.8 Å². The van der Waals surface area contributed by atoms with Gasteiger partial charge in [-0.05, 0) is 17.0 Å². The van der Waals surface area contributed by atoms with Gasteiger partial charge in [0.05, 0.1) is 0 Å². The molecule has 0 saturated carbocycles. The van der Waals surface area contributed by atoms with E-state index in [1.807, 2.05) is 18.5 Å². The Bertz CT molecular complexity index is 345. The molecule has 19 heavy (non-hydrogen) atoms. The van der Waals surface area contributed by atoms with Gasteiger partial charge < -0.3 is 5.32 Å². The molecule has 1 aliphatic heterocycles. The smallest absolute Gasteiger partial charge is 0.0412 e. The Morgan fingerprint density at radius 1 is 1.21 bits per heavy atom. The number of aromatic nitrogens is 1. The molecule has 0 radical (unpaired) electrons. The Balaban J connectivity index is 0.00000162. The van der Waals surface area contributed by atoms with Crippen LogP contribution in [0.1, 0.15) is 32.4 Å². The lowest BCUT2D eigenvalue weighted by Gasteiger charge is -2.42. The average Bonchev–Trinajstić information content (AvgIpc) is 2.30. The minimum atomic E-state index is 0. The van der Waals surface area contributed by atoms with Crippen LogP contribution in [0.2, 0.25) is 0 Å². The molecule has 1 atom stereocenters. The van der Waals surface area contributed by atoms with Crippen molar-refractivity contribution in [2.24, 2.45) is 5.41 Å². The van der Waals surface area contributed by atoms with Gasteiger partial charge in [0.1, 0.15) is 0 Å². The predicted octanol–water partition coefficient (Wildman–Crippen LogP) is 2.92. The van der Waals surface area contributed by atoms with Crippen LogP contribution in [-0.4, -0.2) is 36.1 Å². The molecule has 1 fully saturated rings. The summed E-state index contributed by atoms with van der Waals surface area (Å²) in [6, 6.07) is 4.69. The van der Waals surface area contributed by atoms with E-state index in [9.17, 15) is 0 Å². The average molecular weight is 306 g/mol. The molecular formula is C14H25Cl2N3. The molecule has 1 aliphatic rings. The van der Waals surface area contributed by atoms with Gasteiger partial charge in [0.15, 0.2) is 0 Å². The van der Waals surface area contributed by atoms with Gasteiger partial charge in [-0.3, -0.25) is 9.88 Å². The lowest BCUT2D eigenvalue weighted by atomic mass is 9.81. The highest BCUT2D eigenvalue weighted by Crippen LogP contribution is 2.37. The maximum absolute atomic E-state index is 4.27. The lowest BCUT2D eigenvalue weighted by Crippen LogP contribution is -2.48. The van der Waals surface area contributed by atoms with Gasteiger partial charge in [0.25, 0.3) is 0 Å². The molecule has 1 N–H and O–H groups in total. The predicted molar refractivity (Wildman–Crippen MR) is 85.4 cm³/mol. The number of rotatable bonds is 2. The van der Waals surface area contributed by atoms with Crippen molar-refractivity contribution in [3.05, 3.63) is 30.1 Å². The lowest BCUT2D eigenvalue weighted by molar-refractivity contribution is 0.0860. The zero-order valence-corrected chi connectivity index (χ0v) is 13.6. The van der Waals surface area contributed by atoms with E-state index in [0.717, 1.165) is 26.2 Å². The van der Waals surface area contributed by atoms with Crippen LogP contribution in [0.5, 0.6) is 0 Å².